The Balaban J connectivity index is 2.23. The van der Waals surface area contributed by atoms with E-state index in [1.165, 1.54) is 36.4 Å². The van der Waals surface area contributed by atoms with Crippen LogP contribution >= 0.6 is 23.2 Å². The summed E-state index contributed by atoms with van der Waals surface area (Å²) < 4.78 is 0. The van der Waals surface area contributed by atoms with Crippen LogP contribution < -0.4 is 11.1 Å². The number of aromatic carboxylic acids is 1. The van der Waals surface area contributed by atoms with Gasteiger partial charge in [0.05, 0.1) is 27.0 Å². The van der Waals surface area contributed by atoms with Crippen molar-refractivity contribution in [2.24, 2.45) is 0 Å². The van der Waals surface area contributed by atoms with Crippen molar-refractivity contribution in [3.63, 3.8) is 0 Å². The number of carbonyl (C=O) groups excluding carboxylic acids is 1. The summed E-state index contributed by atoms with van der Waals surface area (Å²) in [5.74, 6) is -1.52. The Bertz CT molecular complexity index is 732. The van der Waals surface area contributed by atoms with Crippen LogP contribution in [0.2, 0.25) is 10.0 Å². The zero-order valence-electron chi connectivity index (χ0n) is 10.6. The summed E-state index contributed by atoms with van der Waals surface area (Å²) in [7, 11) is 0. The molecule has 0 fully saturated rings. The van der Waals surface area contributed by atoms with E-state index >= 15 is 0 Å². The molecule has 0 aromatic heterocycles. The van der Waals surface area contributed by atoms with Crippen molar-refractivity contribution in [1.82, 2.24) is 0 Å². The van der Waals surface area contributed by atoms with Crippen molar-refractivity contribution in [3.8, 4) is 0 Å². The molecule has 0 bridgehead atoms. The number of hydrogen-bond donors (Lipinski definition) is 3. The normalized spacial score (nSPS) is 10.2. The molecule has 0 spiro atoms. The van der Waals surface area contributed by atoms with Crippen LogP contribution in [-0.4, -0.2) is 17.0 Å². The average Bonchev–Trinajstić information content (AvgIpc) is 2.43. The minimum absolute atomic E-state index is 0.0359. The average molecular weight is 325 g/mol. The molecule has 0 radical (unpaired) electrons. The Morgan fingerprint density at radius 1 is 1.00 bits per heavy atom. The Hall–Kier alpha value is -2.24. The summed E-state index contributed by atoms with van der Waals surface area (Å²) in [6.45, 7) is 0. The Morgan fingerprint density at radius 3 is 2.24 bits per heavy atom. The Morgan fingerprint density at radius 2 is 1.67 bits per heavy atom. The van der Waals surface area contributed by atoms with Crippen molar-refractivity contribution >= 4 is 46.5 Å². The highest BCUT2D eigenvalue weighted by atomic mass is 35.5. The third-order valence-corrected chi connectivity index (χ3v) is 3.38. The van der Waals surface area contributed by atoms with Crippen molar-refractivity contribution in [3.05, 3.63) is 57.6 Å². The highest BCUT2D eigenvalue weighted by molar-refractivity contribution is 6.34. The Kier molecular flexibility index (Phi) is 4.35. The molecule has 0 saturated carbocycles. The minimum Gasteiger partial charge on any atom is -0.478 e. The van der Waals surface area contributed by atoms with Crippen LogP contribution in [0.15, 0.2) is 36.4 Å². The lowest BCUT2D eigenvalue weighted by molar-refractivity contribution is 0.0696. The lowest BCUT2D eigenvalue weighted by Gasteiger charge is -2.09. The molecule has 5 nitrogen and oxygen atoms in total. The van der Waals surface area contributed by atoms with E-state index in [9.17, 15) is 9.59 Å². The zero-order chi connectivity index (χ0) is 15.6. The monoisotopic (exact) mass is 324 g/mol. The highest BCUT2D eigenvalue weighted by Crippen LogP contribution is 2.25. The first-order valence-electron chi connectivity index (χ1n) is 5.77. The molecule has 0 unspecified atom stereocenters. The molecule has 0 aliphatic rings. The van der Waals surface area contributed by atoms with Crippen LogP contribution in [0.1, 0.15) is 20.7 Å². The van der Waals surface area contributed by atoms with E-state index in [4.69, 9.17) is 34.0 Å². The van der Waals surface area contributed by atoms with Gasteiger partial charge in [-0.25, -0.2) is 4.79 Å². The van der Waals surface area contributed by atoms with Gasteiger partial charge >= 0.3 is 5.97 Å². The third-order valence-electron chi connectivity index (χ3n) is 2.72. The second kappa shape index (κ2) is 6.03. The molecule has 0 saturated heterocycles. The summed E-state index contributed by atoms with van der Waals surface area (Å²) in [6, 6.07) is 8.50. The molecule has 0 atom stereocenters. The summed E-state index contributed by atoms with van der Waals surface area (Å²) in [6.07, 6.45) is 0. The van der Waals surface area contributed by atoms with E-state index < -0.39 is 11.9 Å². The highest BCUT2D eigenvalue weighted by Gasteiger charge is 2.12. The topological polar surface area (TPSA) is 92.4 Å². The van der Waals surface area contributed by atoms with Crippen molar-refractivity contribution in [1.29, 1.82) is 0 Å². The number of rotatable bonds is 3. The number of halogens is 2. The summed E-state index contributed by atoms with van der Waals surface area (Å²) in [5, 5.41) is 11.9. The van der Waals surface area contributed by atoms with Gasteiger partial charge in [-0.05, 0) is 36.4 Å². The maximum Gasteiger partial charge on any atom is 0.335 e. The maximum absolute atomic E-state index is 12.1. The summed E-state index contributed by atoms with van der Waals surface area (Å²) >= 11 is 11.7. The number of nitrogen functional groups attached to an aromatic ring is 1. The maximum atomic E-state index is 12.1. The number of anilines is 2. The molecule has 21 heavy (non-hydrogen) atoms. The molecule has 108 valence electrons. The van der Waals surface area contributed by atoms with E-state index in [0.717, 1.165) is 0 Å². The number of nitrogens with two attached hydrogens (primary N) is 1. The molecular formula is C14H10Cl2N2O3. The molecule has 2 aromatic rings. The van der Waals surface area contributed by atoms with Crippen LogP contribution in [0.25, 0.3) is 0 Å². The fraction of sp³-hybridized carbons (Fsp3) is 0. The quantitative estimate of drug-likeness (QED) is 0.753. The smallest absolute Gasteiger partial charge is 0.335 e. The van der Waals surface area contributed by atoms with Gasteiger partial charge in [-0.15, -0.1) is 0 Å². The van der Waals surface area contributed by atoms with E-state index in [0.29, 0.717) is 16.3 Å². The molecule has 1 amide bonds. The fourth-order valence-corrected chi connectivity index (χ4v) is 1.97. The number of carboxylic acids is 1. The first-order valence-corrected chi connectivity index (χ1v) is 6.53. The number of benzene rings is 2. The van der Waals surface area contributed by atoms with Gasteiger partial charge in [0.15, 0.2) is 0 Å². The number of nitrogens with one attached hydrogen (secondary N) is 1. The second-order valence-corrected chi connectivity index (χ2v) is 5.00. The van der Waals surface area contributed by atoms with Gasteiger partial charge in [0, 0.05) is 5.56 Å². The molecular weight excluding hydrogens is 315 g/mol. The molecule has 0 heterocycles. The van der Waals surface area contributed by atoms with Crippen molar-refractivity contribution in [2.45, 2.75) is 0 Å². The van der Waals surface area contributed by atoms with Crippen LogP contribution in [0.4, 0.5) is 11.4 Å². The van der Waals surface area contributed by atoms with Gasteiger partial charge in [-0.1, -0.05) is 23.2 Å². The second-order valence-electron chi connectivity index (χ2n) is 4.19. The van der Waals surface area contributed by atoms with Gasteiger partial charge in [-0.2, -0.15) is 0 Å². The van der Waals surface area contributed by atoms with Gasteiger partial charge in [0.2, 0.25) is 0 Å². The van der Waals surface area contributed by atoms with E-state index in [2.05, 4.69) is 5.32 Å². The number of hydrogen-bond acceptors (Lipinski definition) is 3. The van der Waals surface area contributed by atoms with E-state index in [-0.39, 0.29) is 16.3 Å². The molecule has 0 aliphatic carbocycles. The predicted octanol–water partition coefficient (Wildman–Crippen LogP) is 3.53. The lowest BCUT2D eigenvalue weighted by Crippen LogP contribution is -2.13. The standard InChI is InChI=1S/C14H10Cl2N2O3/c15-9-3-1-7(6-11(9)17)13(19)18-12-4-2-8(14(20)21)5-10(12)16/h1-6H,17H2,(H,18,19)(H,20,21). The van der Waals surface area contributed by atoms with Gasteiger partial charge in [-0.3, -0.25) is 4.79 Å². The van der Waals surface area contributed by atoms with Crippen molar-refractivity contribution < 1.29 is 14.7 Å². The fourth-order valence-electron chi connectivity index (χ4n) is 1.63. The third kappa shape index (κ3) is 3.45. The van der Waals surface area contributed by atoms with Gasteiger partial charge in [0.1, 0.15) is 0 Å². The van der Waals surface area contributed by atoms with Crippen LogP contribution in [0, 0.1) is 0 Å². The molecule has 0 aliphatic heterocycles. The number of carboxylic acid groups (broad SMARTS) is 1. The van der Waals surface area contributed by atoms with E-state index in [1.54, 1.807) is 0 Å². The largest absolute Gasteiger partial charge is 0.478 e. The Labute approximate surface area is 130 Å². The summed E-state index contributed by atoms with van der Waals surface area (Å²) in [4.78, 5) is 22.9. The molecule has 2 aromatic carbocycles. The van der Waals surface area contributed by atoms with Crippen LogP contribution in [0.5, 0.6) is 0 Å². The summed E-state index contributed by atoms with van der Waals surface area (Å²) in [5.41, 5.74) is 6.58. The number of amides is 1. The van der Waals surface area contributed by atoms with Crippen molar-refractivity contribution in [2.75, 3.05) is 11.1 Å². The van der Waals surface area contributed by atoms with Crippen LogP contribution in [0.3, 0.4) is 0 Å². The van der Waals surface area contributed by atoms with E-state index in [1.807, 2.05) is 0 Å². The molecule has 4 N–H and O–H groups in total. The number of carbonyl (C=O) groups is 2. The molecule has 2 rings (SSSR count). The van der Waals surface area contributed by atoms with Gasteiger partial charge in [0.25, 0.3) is 5.91 Å². The lowest BCUT2D eigenvalue weighted by atomic mass is 10.1. The van der Waals surface area contributed by atoms with Crippen LogP contribution in [-0.2, 0) is 0 Å². The minimum atomic E-state index is -1.10. The first kappa shape index (κ1) is 15.2. The first-order chi connectivity index (χ1) is 9.88. The predicted molar refractivity (Wildman–Crippen MR) is 82.2 cm³/mol. The molecule has 7 heteroatoms. The SMILES string of the molecule is Nc1cc(C(=O)Nc2ccc(C(=O)O)cc2Cl)ccc1Cl. The van der Waals surface area contributed by atoms with Gasteiger partial charge < -0.3 is 16.2 Å². The zero-order valence-corrected chi connectivity index (χ0v) is 12.1.